The second-order valence-electron chi connectivity index (χ2n) is 5.89. The molecule has 4 aromatic carbocycles. The lowest BCUT2D eigenvalue weighted by molar-refractivity contribution is 0.436. The molecule has 4 rings (SSSR count). The summed E-state index contributed by atoms with van der Waals surface area (Å²) in [5.41, 5.74) is 2.92. The van der Waals surface area contributed by atoms with Gasteiger partial charge in [0.15, 0.2) is 0 Å². The van der Waals surface area contributed by atoms with Gasteiger partial charge in [-0.1, -0.05) is 84.9 Å². The molecule has 2 radical (unpaired) electrons. The van der Waals surface area contributed by atoms with Crippen LogP contribution in [0.3, 0.4) is 0 Å². The van der Waals surface area contributed by atoms with Crippen molar-refractivity contribution in [2.24, 2.45) is 0 Å². The minimum Gasteiger partial charge on any atom is -0.420 e. The van der Waals surface area contributed by atoms with Crippen LogP contribution in [0.4, 0.5) is 0 Å². The number of benzene rings is 4. The standard InChI is InChI=1S/C22H18OSi/c1-23-24-22(20-14-6-10-16-8-2-4-12-18(16)20)21-15-7-11-17-9-3-5-13-19(17)21/h2-15,22H,1H3. The second-order valence-corrected chi connectivity index (χ2v) is 7.11. The molecule has 0 atom stereocenters. The first-order valence-corrected chi connectivity index (χ1v) is 9.11. The van der Waals surface area contributed by atoms with E-state index in [9.17, 15) is 0 Å². The average molecular weight is 326 g/mol. The maximum atomic E-state index is 5.64. The Balaban J connectivity index is 1.96. The van der Waals surface area contributed by atoms with Crippen LogP contribution < -0.4 is 0 Å². The average Bonchev–Trinajstić information content (AvgIpc) is 2.65. The van der Waals surface area contributed by atoms with Gasteiger partial charge in [-0.15, -0.1) is 0 Å². The Labute approximate surface area is 144 Å². The van der Waals surface area contributed by atoms with Crippen molar-refractivity contribution in [1.82, 2.24) is 0 Å². The lowest BCUT2D eigenvalue weighted by Crippen LogP contribution is -2.13. The molecule has 0 spiro atoms. The lowest BCUT2D eigenvalue weighted by Gasteiger charge is -2.20. The smallest absolute Gasteiger partial charge is 0.242 e. The van der Waals surface area contributed by atoms with Crippen molar-refractivity contribution < 1.29 is 4.43 Å². The van der Waals surface area contributed by atoms with E-state index < -0.39 is 0 Å². The summed E-state index contributed by atoms with van der Waals surface area (Å²) in [4.78, 5) is 0. The summed E-state index contributed by atoms with van der Waals surface area (Å²) in [7, 11) is 2.18. The molecule has 0 unspecified atom stereocenters. The molecule has 0 fully saturated rings. The zero-order chi connectivity index (χ0) is 16.4. The highest BCUT2D eigenvalue weighted by Gasteiger charge is 2.20. The fourth-order valence-electron chi connectivity index (χ4n) is 3.42. The molecule has 0 N–H and O–H groups in total. The van der Waals surface area contributed by atoms with Crippen molar-refractivity contribution in [3.05, 3.63) is 96.1 Å². The van der Waals surface area contributed by atoms with Gasteiger partial charge >= 0.3 is 0 Å². The van der Waals surface area contributed by atoms with Crippen molar-refractivity contribution in [3.63, 3.8) is 0 Å². The summed E-state index contributed by atoms with van der Waals surface area (Å²) in [6.07, 6.45) is 0. The molecule has 1 nitrogen and oxygen atoms in total. The zero-order valence-electron chi connectivity index (χ0n) is 13.6. The topological polar surface area (TPSA) is 9.23 Å². The molecule has 2 heteroatoms. The van der Waals surface area contributed by atoms with Crippen LogP contribution in [0.15, 0.2) is 84.9 Å². The molecule has 0 aliphatic carbocycles. The van der Waals surface area contributed by atoms with Crippen LogP contribution in [0.5, 0.6) is 0 Å². The van der Waals surface area contributed by atoms with Crippen molar-refractivity contribution in [3.8, 4) is 0 Å². The van der Waals surface area contributed by atoms with Gasteiger partial charge in [0.1, 0.15) is 0 Å². The van der Waals surface area contributed by atoms with Crippen molar-refractivity contribution >= 4 is 31.3 Å². The van der Waals surface area contributed by atoms with Crippen molar-refractivity contribution in [2.45, 2.75) is 5.54 Å². The first kappa shape index (κ1) is 15.1. The third-order valence-electron chi connectivity index (χ3n) is 4.50. The Morgan fingerprint density at radius 1 is 0.625 bits per heavy atom. The predicted octanol–water partition coefficient (Wildman–Crippen LogP) is 5.35. The minimum absolute atomic E-state index is 0.243. The molecule has 4 aromatic rings. The summed E-state index contributed by atoms with van der Waals surface area (Å²) in [5.74, 6) is 0. The van der Waals surface area contributed by atoms with Gasteiger partial charge in [-0.05, 0) is 32.7 Å². The van der Waals surface area contributed by atoms with Gasteiger partial charge in [-0.3, -0.25) is 0 Å². The first-order valence-electron chi connectivity index (χ1n) is 8.12. The van der Waals surface area contributed by atoms with Gasteiger partial charge in [0.25, 0.3) is 0 Å². The lowest BCUT2D eigenvalue weighted by atomic mass is 9.94. The van der Waals surface area contributed by atoms with Gasteiger partial charge in [0.05, 0.1) is 0 Å². The highest BCUT2D eigenvalue weighted by atomic mass is 28.2. The fraction of sp³-hybridized carbons (Fsp3) is 0.0909. The Morgan fingerprint density at radius 3 is 1.58 bits per heavy atom. The van der Waals surface area contributed by atoms with E-state index in [-0.39, 0.29) is 5.54 Å². The summed E-state index contributed by atoms with van der Waals surface area (Å²) in [6, 6.07) is 30.3. The Morgan fingerprint density at radius 2 is 1.08 bits per heavy atom. The molecule has 0 amide bonds. The molecule has 0 bridgehead atoms. The molecule has 0 aliphatic rings. The molecule has 0 heterocycles. The third-order valence-corrected chi connectivity index (χ3v) is 5.60. The van der Waals surface area contributed by atoms with Crippen LogP contribution in [0.25, 0.3) is 21.5 Å². The first-order chi connectivity index (χ1) is 11.9. The Kier molecular flexibility index (Phi) is 4.16. The summed E-state index contributed by atoms with van der Waals surface area (Å²) < 4.78 is 5.64. The van der Waals surface area contributed by atoms with Crippen LogP contribution >= 0.6 is 0 Å². The van der Waals surface area contributed by atoms with Crippen molar-refractivity contribution in [2.75, 3.05) is 7.11 Å². The molecule has 116 valence electrons. The largest absolute Gasteiger partial charge is 0.420 e. The van der Waals surface area contributed by atoms with E-state index in [0.717, 1.165) is 0 Å². The van der Waals surface area contributed by atoms with Gasteiger partial charge in [-0.25, -0.2) is 0 Å². The number of rotatable bonds is 4. The van der Waals surface area contributed by atoms with Gasteiger partial charge in [0, 0.05) is 12.7 Å². The normalized spacial score (nSPS) is 11.4. The monoisotopic (exact) mass is 326 g/mol. The van der Waals surface area contributed by atoms with E-state index in [1.165, 1.54) is 32.7 Å². The fourth-order valence-corrected chi connectivity index (χ4v) is 4.41. The quantitative estimate of drug-likeness (QED) is 0.459. The molecule has 0 aliphatic heterocycles. The Hall–Kier alpha value is -2.42. The number of hydrogen-bond donors (Lipinski definition) is 0. The molecular weight excluding hydrogens is 308 g/mol. The molecule has 0 saturated carbocycles. The van der Waals surface area contributed by atoms with Crippen LogP contribution in [-0.2, 0) is 4.43 Å². The molecule has 24 heavy (non-hydrogen) atoms. The maximum Gasteiger partial charge on any atom is 0.242 e. The van der Waals surface area contributed by atoms with E-state index in [4.69, 9.17) is 4.43 Å². The molecular formula is C22H18OSi. The van der Waals surface area contributed by atoms with E-state index in [2.05, 4.69) is 84.9 Å². The molecule has 0 saturated heterocycles. The van der Waals surface area contributed by atoms with E-state index in [1.54, 1.807) is 7.11 Å². The highest BCUT2D eigenvalue weighted by Crippen LogP contribution is 2.34. The van der Waals surface area contributed by atoms with Gasteiger partial charge in [0.2, 0.25) is 9.76 Å². The summed E-state index contributed by atoms with van der Waals surface area (Å²) in [5, 5.41) is 5.17. The van der Waals surface area contributed by atoms with Crippen molar-refractivity contribution in [1.29, 1.82) is 0 Å². The van der Waals surface area contributed by atoms with Gasteiger partial charge < -0.3 is 4.43 Å². The summed E-state index contributed by atoms with van der Waals surface area (Å²) in [6.45, 7) is 0. The van der Waals surface area contributed by atoms with Crippen LogP contribution in [-0.4, -0.2) is 16.9 Å². The number of hydrogen-bond acceptors (Lipinski definition) is 1. The van der Waals surface area contributed by atoms with E-state index >= 15 is 0 Å². The van der Waals surface area contributed by atoms with E-state index in [0.29, 0.717) is 9.76 Å². The maximum absolute atomic E-state index is 5.64. The third kappa shape index (κ3) is 2.64. The minimum atomic E-state index is 0.243. The molecule has 0 aromatic heterocycles. The SMILES string of the molecule is CO[Si]C(c1cccc2ccccc12)c1cccc2ccccc12. The van der Waals surface area contributed by atoms with Crippen LogP contribution in [0, 0.1) is 0 Å². The van der Waals surface area contributed by atoms with Crippen LogP contribution in [0.2, 0.25) is 0 Å². The second kappa shape index (κ2) is 6.60. The van der Waals surface area contributed by atoms with E-state index in [1.807, 2.05) is 0 Å². The summed E-state index contributed by atoms with van der Waals surface area (Å²) >= 11 is 0. The Bertz CT molecular complexity index is 903. The zero-order valence-corrected chi connectivity index (χ0v) is 14.6. The predicted molar refractivity (Wildman–Crippen MR) is 103 cm³/mol. The highest BCUT2D eigenvalue weighted by molar-refractivity contribution is 6.32. The number of fused-ring (bicyclic) bond motifs is 2. The van der Waals surface area contributed by atoms with Gasteiger partial charge in [-0.2, -0.15) is 0 Å². The van der Waals surface area contributed by atoms with Crippen LogP contribution in [0.1, 0.15) is 16.7 Å².